The molecule has 1 aliphatic rings. The standard InChI is InChI=1S/C18H25NO5/c1-5-12-13(6-7-14-16(12)23-11-10-22-14)17(21)19-9-8-15(20)24-18(2,3)4/h6-7H,5,8-11H2,1-4H3,(H,19,21). The Bertz CT molecular complexity index is 619. The van der Waals surface area contributed by atoms with Gasteiger partial charge in [0.05, 0.1) is 6.42 Å². The van der Waals surface area contributed by atoms with Crippen molar-refractivity contribution in [3.8, 4) is 11.5 Å². The third-order valence-electron chi connectivity index (χ3n) is 3.44. The Morgan fingerprint density at radius 1 is 1.21 bits per heavy atom. The van der Waals surface area contributed by atoms with Crippen molar-refractivity contribution < 1.29 is 23.8 Å². The van der Waals surface area contributed by atoms with Crippen LogP contribution in [-0.4, -0.2) is 37.2 Å². The highest BCUT2D eigenvalue weighted by Crippen LogP contribution is 2.36. The van der Waals surface area contributed by atoms with Crippen molar-refractivity contribution in [3.05, 3.63) is 23.3 Å². The van der Waals surface area contributed by atoms with Crippen molar-refractivity contribution in [2.45, 2.75) is 46.1 Å². The summed E-state index contributed by atoms with van der Waals surface area (Å²) in [6, 6.07) is 3.48. The number of benzene rings is 1. The summed E-state index contributed by atoms with van der Waals surface area (Å²) in [7, 11) is 0. The van der Waals surface area contributed by atoms with Crippen LogP contribution in [-0.2, 0) is 16.0 Å². The van der Waals surface area contributed by atoms with Gasteiger partial charge in [-0.25, -0.2) is 0 Å². The first-order valence-electron chi connectivity index (χ1n) is 8.23. The van der Waals surface area contributed by atoms with Crippen LogP contribution in [0.1, 0.15) is 50.0 Å². The largest absolute Gasteiger partial charge is 0.486 e. The zero-order chi connectivity index (χ0) is 17.7. The number of ether oxygens (including phenoxy) is 3. The maximum atomic E-state index is 12.4. The monoisotopic (exact) mass is 335 g/mol. The van der Waals surface area contributed by atoms with E-state index in [0.29, 0.717) is 36.7 Å². The van der Waals surface area contributed by atoms with Gasteiger partial charge in [0.2, 0.25) is 0 Å². The van der Waals surface area contributed by atoms with E-state index in [4.69, 9.17) is 14.2 Å². The van der Waals surface area contributed by atoms with Crippen LogP contribution in [0.2, 0.25) is 0 Å². The first kappa shape index (κ1) is 18.1. The van der Waals surface area contributed by atoms with Crippen molar-refractivity contribution >= 4 is 11.9 Å². The molecule has 6 heteroatoms. The molecular weight excluding hydrogens is 310 g/mol. The minimum atomic E-state index is -0.522. The molecule has 1 amide bonds. The van der Waals surface area contributed by atoms with Gasteiger partial charge in [-0.3, -0.25) is 9.59 Å². The van der Waals surface area contributed by atoms with Crippen LogP contribution in [0.3, 0.4) is 0 Å². The smallest absolute Gasteiger partial charge is 0.308 e. The molecule has 0 saturated carbocycles. The molecule has 0 aliphatic carbocycles. The summed E-state index contributed by atoms with van der Waals surface area (Å²) in [5.74, 6) is 0.750. The first-order valence-corrected chi connectivity index (χ1v) is 8.23. The van der Waals surface area contributed by atoms with Crippen molar-refractivity contribution in [1.29, 1.82) is 0 Å². The average Bonchev–Trinajstić information content (AvgIpc) is 2.51. The molecule has 6 nitrogen and oxygen atoms in total. The number of esters is 1. The first-order chi connectivity index (χ1) is 11.3. The van der Waals surface area contributed by atoms with E-state index in [9.17, 15) is 9.59 Å². The van der Waals surface area contributed by atoms with Crippen LogP contribution in [0.25, 0.3) is 0 Å². The minimum absolute atomic E-state index is 0.134. The van der Waals surface area contributed by atoms with E-state index < -0.39 is 5.60 Å². The second kappa shape index (κ2) is 7.55. The highest BCUT2D eigenvalue weighted by molar-refractivity contribution is 5.97. The molecule has 132 valence electrons. The van der Waals surface area contributed by atoms with E-state index in [-0.39, 0.29) is 24.8 Å². The Balaban J connectivity index is 1.99. The summed E-state index contributed by atoms with van der Waals surface area (Å²) in [4.78, 5) is 24.1. The van der Waals surface area contributed by atoms with Crippen molar-refractivity contribution in [2.24, 2.45) is 0 Å². The normalized spacial score (nSPS) is 13.3. The molecule has 1 aliphatic heterocycles. The fourth-order valence-corrected chi connectivity index (χ4v) is 2.50. The third-order valence-corrected chi connectivity index (χ3v) is 3.44. The van der Waals surface area contributed by atoms with E-state index in [1.807, 2.05) is 27.7 Å². The molecule has 0 bridgehead atoms. The SMILES string of the molecule is CCc1c(C(=O)NCCC(=O)OC(C)(C)C)ccc2c1OCCO2. The maximum absolute atomic E-state index is 12.4. The Labute approximate surface area is 142 Å². The second-order valence-electron chi connectivity index (χ2n) is 6.56. The molecule has 0 aromatic heterocycles. The van der Waals surface area contributed by atoms with Gasteiger partial charge in [0.15, 0.2) is 11.5 Å². The van der Waals surface area contributed by atoms with Crippen LogP contribution in [0.15, 0.2) is 12.1 Å². The number of fused-ring (bicyclic) bond motifs is 1. The molecule has 24 heavy (non-hydrogen) atoms. The fourth-order valence-electron chi connectivity index (χ4n) is 2.50. The van der Waals surface area contributed by atoms with Crippen LogP contribution in [0.5, 0.6) is 11.5 Å². The maximum Gasteiger partial charge on any atom is 0.308 e. The summed E-state index contributed by atoms with van der Waals surface area (Å²) in [6.45, 7) is 8.61. The molecule has 1 aromatic rings. The highest BCUT2D eigenvalue weighted by atomic mass is 16.6. The number of hydrogen-bond donors (Lipinski definition) is 1. The molecule has 2 rings (SSSR count). The Morgan fingerprint density at radius 2 is 1.92 bits per heavy atom. The number of carbonyl (C=O) groups is 2. The van der Waals surface area contributed by atoms with Gasteiger partial charge in [0, 0.05) is 17.7 Å². The molecule has 0 atom stereocenters. The topological polar surface area (TPSA) is 73.9 Å². The summed E-state index contributed by atoms with van der Waals surface area (Å²) < 4.78 is 16.4. The number of amides is 1. The van der Waals surface area contributed by atoms with Crippen LogP contribution in [0, 0.1) is 0 Å². The Hall–Kier alpha value is -2.24. The number of carbonyl (C=O) groups excluding carboxylic acids is 2. The zero-order valence-corrected chi connectivity index (χ0v) is 14.7. The lowest BCUT2D eigenvalue weighted by Crippen LogP contribution is -2.30. The van der Waals surface area contributed by atoms with E-state index in [0.717, 1.165) is 5.56 Å². The zero-order valence-electron chi connectivity index (χ0n) is 14.7. The second-order valence-corrected chi connectivity index (χ2v) is 6.56. The number of rotatable bonds is 5. The van der Waals surface area contributed by atoms with Gasteiger partial charge in [0.1, 0.15) is 18.8 Å². The molecule has 1 aromatic carbocycles. The van der Waals surface area contributed by atoms with Crippen molar-refractivity contribution in [2.75, 3.05) is 19.8 Å². The quantitative estimate of drug-likeness (QED) is 0.837. The van der Waals surface area contributed by atoms with Gasteiger partial charge < -0.3 is 19.5 Å². The van der Waals surface area contributed by atoms with Crippen molar-refractivity contribution in [3.63, 3.8) is 0 Å². The predicted octanol–water partition coefficient (Wildman–Crippen LogP) is 2.48. The molecule has 0 saturated heterocycles. The number of hydrogen-bond acceptors (Lipinski definition) is 5. The summed E-state index contributed by atoms with van der Waals surface area (Å²) in [5, 5.41) is 2.76. The molecular formula is C18H25NO5. The lowest BCUT2D eigenvalue weighted by molar-refractivity contribution is -0.154. The van der Waals surface area contributed by atoms with Crippen LogP contribution < -0.4 is 14.8 Å². The Kier molecular flexibility index (Phi) is 5.70. The molecule has 1 heterocycles. The van der Waals surface area contributed by atoms with E-state index in [1.54, 1.807) is 12.1 Å². The van der Waals surface area contributed by atoms with Crippen LogP contribution in [0.4, 0.5) is 0 Å². The summed E-state index contributed by atoms with van der Waals surface area (Å²) in [6.07, 6.45) is 0.788. The van der Waals surface area contributed by atoms with Gasteiger partial charge in [-0.15, -0.1) is 0 Å². The van der Waals surface area contributed by atoms with Gasteiger partial charge in [-0.05, 0) is 39.3 Å². The summed E-state index contributed by atoms with van der Waals surface area (Å²) in [5.41, 5.74) is 0.847. The highest BCUT2D eigenvalue weighted by Gasteiger charge is 2.22. The van der Waals surface area contributed by atoms with E-state index in [2.05, 4.69) is 5.32 Å². The van der Waals surface area contributed by atoms with Crippen molar-refractivity contribution in [1.82, 2.24) is 5.32 Å². The van der Waals surface area contributed by atoms with Gasteiger partial charge >= 0.3 is 5.97 Å². The third kappa shape index (κ3) is 4.63. The van der Waals surface area contributed by atoms with E-state index in [1.165, 1.54) is 0 Å². The molecule has 1 N–H and O–H groups in total. The molecule has 0 spiro atoms. The molecule has 0 unspecified atom stereocenters. The van der Waals surface area contributed by atoms with E-state index >= 15 is 0 Å². The van der Waals surface area contributed by atoms with Gasteiger partial charge in [0.25, 0.3) is 5.91 Å². The molecule has 0 radical (unpaired) electrons. The van der Waals surface area contributed by atoms with Gasteiger partial charge in [-0.1, -0.05) is 6.92 Å². The lowest BCUT2D eigenvalue weighted by Gasteiger charge is -2.22. The summed E-state index contributed by atoms with van der Waals surface area (Å²) >= 11 is 0. The fraction of sp³-hybridized carbons (Fsp3) is 0.556. The molecule has 0 fully saturated rings. The average molecular weight is 335 g/mol. The predicted molar refractivity (Wildman–Crippen MR) is 89.6 cm³/mol. The van der Waals surface area contributed by atoms with Crippen LogP contribution >= 0.6 is 0 Å². The Morgan fingerprint density at radius 3 is 2.58 bits per heavy atom. The van der Waals surface area contributed by atoms with Gasteiger partial charge in [-0.2, -0.15) is 0 Å². The minimum Gasteiger partial charge on any atom is -0.486 e. The lowest BCUT2D eigenvalue weighted by atomic mass is 10.0. The number of nitrogens with one attached hydrogen (secondary N) is 1.